The maximum atomic E-state index is 12.1. The Balaban J connectivity index is 1.58. The van der Waals surface area contributed by atoms with Gasteiger partial charge in [0.2, 0.25) is 5.91 Å². The smallest absolute Gasteiger partial charge is 0.237 e. The van der Waals surface area contributed by atoms with Crippen LogP contribution in [-0.2, 0) is 9.53 Å². The van der Waals surface area contributed by atoms with Crippen LogP contribution in [-0.4, -0.2) is 56.2 Å². The van der Waals surface area contributed by atoms with Gasteiger partial charge in [-0.2, -0.15) is 0 Å². The highest BCUT2D eigenvalue weighted by atomic mass is 16.5. The predicted molar refractivity (Wildman–Crippen MR) is 88.6 cm³/mol. The largest absolute Gasteiger partial charge is 0.381 e. The zero-order valence-electron chi connectivity index (χ0n) is 14.1. The number of hydrogen-bond donors (Lipinski definition) is 2. The van der Waals surface area contributed by atoms with Crippen LogP contribution in [0, 0.1) is 5.92 Å². The molecule has 2 rings (SSSR count). The molecule has 0 aromatic carbocycles. The number of amides is 1. The van der Waals surface area contributed by atoms with E-state index in [4.69, 9.17) is 10.5 Å². The quantitative estimate of drug-likeness (QED) is 0.699. The number of nitrogens with one attached hydrogen (secondary N) is 1. The molecular formula is C17H33N3O2. The van der Waals surface area contributed by atoms with Gasteiger partial charge in [0, 0.05) is 25.8 Å². The number of ether oxygens (including phenoxy) is 1. The van der Waals surface area contributed by atoms with Gasteiger partial charge in [-0.1, -0.05) is 19.3 Å². The Hall–Kier alpha value is -0.650. The van der Waals surface area contributed by atoms with Crippen molar-refractivity contribution < 1.29 is 9.53 Å². The van der Waals surface area contributed by atoms with Crippen LogP contribution in [0.2, 0.25) is 0 Å². The second-order valence-corrected chi connectivity index (χ2v) is 6.89. The van der Waals surface area contributed by atoms with E-state index in [-0.39, 0.29) is 17.9 Å². The molecule has 5 nitrogen and oxygen atoms in total. The van der Waals surface area contributed by atoms with E-state index in [1.807, 2.05) is 0 Å². The summed E-state index contributed by atoms with van der Waals surface area (Å²) in [6.07, 6.45) is 9.59. The molecule has 2 aliphatic rings. The molecule has 0 radical (unpaired) electrons. The SMILES string of the molecule is CN(CCCNC(=O)C(N)C1CCOCC1)C1CCCCC1. The van der Waals surface area contributed by atoms with E-state index >= 15 is 0 Å². The lowest BCUT2D eigenvalue weighted by Gasteiger charge is -2.31. The van der Waals surface area contributed by atoms with Crippen molar-refractivity contribution in [1.82, 2.24) is 10.2 Å². The molecule has 1 atom stereocenters. The normalized spacial score (nSPS) is 22.7. The van der Waals surface area contributed by atoms with Crippen LogP contribution < -0.4 is 11.1 Å². The second-order valence-electron chi connectivity index (χ2n) is 6.89. The van der Waals surface area contributed by atoms with E-state index in [9.17, 15) is 4.79 Å². The lowest BCUT2D eigenvalue weighted by Crippen LogP contribution is -2.47. The molecule has 5 heteroatoms. The van der Waals surface area contributed by atoms with E-state index in [1.54, 1.807) is 0 Å². The molecule has 1 unspecified atom stereocenters. The van der Waals surface area contributed by atoms with Gasteiger partial charge in [-0.15, -0.1) is 0 Å². The Morgan fingerprint density at radius 1 is 1.23 bits per heavy atom. The third-order valence-electron chi connectivity index (χ3n) is 5.26. The van der Waals surface area contributed by atoms with Gasteiger partial charge in [0.25, 0.3) is 0 Å². The first-order valence-corrected chi connectivity index (χ1v) is 9.00. The zero-order valence-corrected chi connectivity index (χ0v) is 14.1. The van der Waals surface area contributed by atoms with Gasteiger partial charge in [0.1, 0.15) is 0 Å². The van der Waals surface area contributed by atoms with Crippen molar-refractivity contribution in [1.29, 1.82) is 0 Å². The Kier molecular flexibility index (Phi) is 7.63. The summed E-state index contributed by atoms with van der Waals surface area (Å²) in [4.78, 5) is 14.6. The number of nitrogens with zero attached hydrogens (tertiary/aromatic N) is 1. The van der Waals surface area contributed by atoms with E-state index in [0.717, 1.165) is 51.6 Å². The van der Waals surface area contributed by atoms with Crippen LogP contribution in [0.4, 0.5) is 0 Å². The first kappa shape index (κ1) is 17.7. The van der Waals surface area contributed by atoms with Crippen molar-refractivity contribution in [3.63, 3.8) is 0 Å². The molecule has 0 spiro atoms. The topological polar surface area (TPSA) is 67.6 Å². The first-order valence-electron chi connectivity index (χ1n) is 9.00. The second kappa shape index (κ2) is 9.48. The van der Waals surface area contributed by atoms with Crippen LogP contribution in [0.15, 0.2) is 0 Å². The van der Waals surface area contributed by atoms with Gasteiger partial charge in [-0.05, 0) is 51.6 Å². The summed E-state index contributed by atoms with van der Waals surface area (Å²) in [5, 5.41) is 3.01. The molecule has 22 heavy (non-hydrogen) atoms. The molecule has 0 aromatic heterocycles. The lowest BCUT2D eigenvalue weighted by molar-refractivity contribution is -0.124. The minimum atomic E-state index is -0.375. The summed E-state index contributed by atoms with van der Waals surface area (Å²) in [6.45, 7) is 3.25. The first-order chi connectivity index (χ1) is 10.7. The van der Waals surface area contributed by atoms with Crippen molar-refractivity contribution in [3.05, 3.63) is 0 Å². The Morgan fingerprint density at radius 3 is 2.59 bits per heavy atom. The minimum Gasteiger partial charge on any atom is -0.381 e. The van der Waals surface area contributed by atoms with E-state index in [2.05, 4.69) is 17.3 Å². The maximum absolute atomic E-state index is 12.1. The molecule has 1 amide bonds. The monoisotopic (exact) mass is 311 g/mol. The summed E-state index contributed by atoms with van der Waals surface area (Å²) in [7, 11) is 2.21. The summed E-state index contributed by atoms with van der Waals surface area (Å²) < 4.78 is 5.32. The Bertz CT molecular complexity index is 326. The molecule has 1 heterocycles. The van der Waals surface area contributed by atoms with E-state index in [0.29, 0.717) is 0 Å². The van der Waals surface area contributed by atoms with Crippen molar-refractivity contribution in [2.24, 2.45) is 11.7 Å². The average Bonchev–Trinajstić information content (AvgIpc) is 2.59. The molecule has 1 aliphatic carbocycles. The fraction of sp³-hybridized carbons (Fsp3) is 0.941. The number of rotatable bonds is 7. The highest BCUT2D eigenvalue weighted by Gasteiger charge is 2.26. The van der Waals surface area contributed by atoms with Gasteiger partial charge >= 0.3 is 0 Å². The molecule has 1 saturated carbocycles. The number of carbonyl (C=O) groups excluding carboxylic acids is 1. The summed E-state index contributed by atoms with van der Waals surface area (Å²) >= 11 is 0. The van der Waals surface area contributed by atoms with Gasteiger partial charge in [-0.25, -0.2) is 0 Å². The molecule has 1 saturated heterocycles. The summed E-state index contributed by atoms with van der Waals surface area (Å²) in [6, 6.07) is 0.369. The van der Waals surface area contributed by atoms with Gasteiger partial charge < -0.3 is 20.7 Å². The van der Waals surface area contributed by atoms with Gasteiger partial charge in [0.15, 0.2) is 0 Å². The molecular weight excluding hydrogens is 278 g/mol. The van der Waals surface area contributed by atoms with Crippen molar-refractivity contribution >= 4 is 5.91 Å². The van der Waals surface area contributed by atoms with Crippen LogP contribution in [0.25, 0.3) is 0 Å². The fourth-order valence-electron chi connectivity index (χ4n) is 3.65. The third kappa shape index (κ3) is 5.52. The predicted octanol–water partition coefficient (Wildman–Crippen LogP) is 1.51. The molecule has 3 N–H and O–H groups in total. The van der Waals surface area contributed by atoms with Crippen LogP contribution in [0.5, 0.6) is 0 Å². The highest BCUT2D eigenvalue weighted by Crippen LogP contribution is 2.21. The van der Waals surface area contributed by atoms with Crippen LogP contribution >= 0.6 is 0 Å². The summed E-state index contributed by atoms with van der Waals surface area (Å²) in [5.74, 6) is 0.283. The van der Waals surface area contributed by atoms with Crippen LogP contribution in [0.3, 0.4) is 0 Å². The average molecular weight is 311 g/mol. The molecule has 0 aromatic rings. The van der Waals surface area contributed by atoms with Gasteiger partial charge in [0.05, 0.1) is 6.04 Å². The lowest BCUT2D eigenvalue weighted by atomic mass is 9.92. The molecule has 1 aliphatic heterocycles. The number of carbonyl (C=O) groups is 1. The van der Waals surface area contributed by atoms with E-state index in [1.165, 1.54) is 32.1 Å². The fourth-order valence-corrected chi connectivity index (χ4v) is 3.65. The standard InChI is InChI=1S/C17H33N3O2/c1-20(15-6-3-2-4-7-15)11-5-10-19-17(21)16(18)14-8-12-22-13-9-14/h14-16H,2-13,18H2,1H3,(H,19,21). The van der Waals surface area contributed by atoms with Crippen molar-refractivity contribution in [3.8, 4) is 0 Å². The Labute approximate surface area is 134 Å². The molecule has 2 fully saturated rings. The highest BCUT2D eigenvalue weighted by molar-refractivity contribution is 5.81. The minimum absolute atomic E-state index is 0.00668. The van der Waals surface area contributed by atoms with Crippen LogP contribution in [0.1, 0.15) is 51.4 Å². The third-order valence-corrected chi connectivity index (χ3v) is 5.26. The molecule has 0 bridgehead atoms. The summed E-state index contributed by atoms with van der Waals surface area (Å²) in [5.41, 5.74) is 6.07. The number of nitrogens with two attached hydrogens (primary N) is 1. The van der Waals surface area contributed by atoms with E-state index < -0.39 is 0 Å². The molecule has 128 valence electrons. The zero-order chi connectivity index (χ0) is 15.8. The van der Waals surface area contributed by atoms with Gasteiger partial charge in [-0.3, -0.25) is 4.79 Å². The van der Waals surface area contributed by atoms with Crippen molar-refractivity contribution in [2.45, 2.75) is 63.5 Å². The van der Waals surface area contributed by atoms with Crippen molar-refractivity contribution in [2.75, 3.05) is 33.4 Å². The number of hydrogen-bond acceptors (Lipinski definition) is 4. The maximum Gasteiger partial charge on any atom is 0.237 e. The Morgan fingerprint density at radius 2 is 1.91 bits per heavy atom.